The molecule has 0 saturated heterocycles. The molecule has 17 heavy (non-hydrogen) atoms. The van der Waals surface area contributed by atoms with Crippen LogP contribution in [0.15, 0.2) is 40.5 Å². The van der Waals surface area contributed by atoms with Gasteiger partial charge in [-0.05, 0) is 28.1 Å². The predicted molar refractivity (Wildman–Crippen MR) is 68.8 cm³/mol. The number of imidazole rings is 1. The Hall–Kier alpha value is -1.34. The molecule has 3 aromatic rings. The van der Waals surface area contributed by atoms with Gasteiger partial charge in [-0.25, -0.2) is 9.97 Å². The van der Waals surface area contributed by atoms with Gasteiger partial charge in [-0.15, -0.1) is 0 Å². The van der Waals surface area contributed by atoms with E-state index in [-0.39, 0.29) is 0 Å². The van der Waals surface area contributed by atoms with E-state index in [0.717, 1.165) is 26.9 Å². The number of aromatic nitrogens is 5. The lowest BCUT2D eigenvalue weighted by Gasteiger charge is -1.95. The number of pyridine rings is 1. The van der Waals surface area contributed by atoms with Gasteiger partial charge >= 0.3 is 0 Å². The number of rotatable bonds is 3. The lowest BCUT2D eigenvalue weighted by Crippen LogP contribution is -1.84. The second kappa shape index (κ2) is 4.50. The van der Waals surface area contributed by atoms with Gasteiger partial charge in [-0.3, -0.25) is 9.50 Å². The maximum absolute atomic E-state index is 4.54. The topological polar surface area (TPSA) is 58.9 Å². The van der Waals surface area contributed by atoms with E-state index < -0.39 is 0 Å². The minimum Gasteiger partial charge on any atom is -0.294 e. The van der Waals surface area contributed by atoms with E-state index in [9.17, 15) is 0 Å². The molecule has 7 heteroatoms. The molecule has 0 aliphatic heterocycles. The summed E-state index contributed by atoms with van der Waals surface area (Å²) in [4.78, 5) is 8.61. The van der Waals surface area contributed by atoms with Crippen LogP contribution in [0.2, 0.25) is 0 Å². The molecule has 0 bridgehead atoms. The average molecular weight is 310 g/mol. The van der Waals surface area contributed by atoms with Crippen LogP contribution >= 0.6 is 27.7 Å². The molecule has 3 heterocycles. The van der Waals surface area contributed by atoms with Crippen LogP contribution in [-0.2, 0) is 5.75 Å². The highest BCUT2D eigenvalue weighted by atomic mass is 79.9. The maximum atomic E-state index is 4.54. The minimum absolute atomic E-state index is 0.747. The van der Waals surface area contributed by atoms with Gasteiger partial charge in [0.15, 0.2) is 5.16 Å². The first-order valence-electron chi connectivity index (χ1n) is 4.94. The van der Waals surface area contributed by atoms with Gasteiger partial charge in [-0.1, -0.05) is 17.8 Å². The van der Waals surface area contributed by atoms with Crippen LogP contribution in [0.1, 0.15) is 5.69 Å². The molecule has 3 rings (SSSR count). The zero-order chi connectivity index (χ0) is 11.7. The lowest BCUT2D eigenvalue weighted by molar-refractivity contribution is 0.971. The molecule has 0 fully saturated rings. The lowest BCUT2D eigenvalue weighted by atomic mass is 10.5. The van der Waals surface area contributed by atoms with Crippen LogP contribution in [0.5, 0.6) is 0 Å². The fourth-order valence-corrected chi connectivity index (χ4v) is 2.93. The van der Waals surface area contributed by atoms with Crippen LogP contribution in [0, 0.1) is 0 Å². The van der Waals surface area contributed by atoms with Crippen LogP contribution in [0.25, 0.3) is 5.65 Å². The summed E-state index contributed by atoms with van der Waals surface area (Å²) in [5.74, 6) is 0.747. The molecule has 0 spiro atoms. The first-order valence-corrected chi connectivity index (χ1v) is 6.72. The molecule has 0 unspecified atom stereocenters. The quantitative estimate of drug-likeness (QED) is 0.755. The smallest absolute Gasteiger partial charge is 0.183 e. The molecule has 1 N–H and O–H groups in total. The highest BCUT2D eigenvalue weighted by molar-refractivity contribution is 9.10. The molecular formula is C10H8BrN5S. The Labute approximate surface area is 110 Å². The van der Waals surface area contributed by atoms with Crippen LogP contribution in [0.3, 0.4) is 0 Å². The summed E-state index contributed by atoms with van der Waals surface area (Å²) in [6.45, 7) is 0. The summed E-state index contributed by atoms with van der Waals surface area (Å²) in [6.07, 6.45) is 3.48. The summed E-state index contributed by atoms with van der Waals surface area (Å²) in [5, 5.41) is 7.42. The molecular weight excluding hydrogens is 302 g/mol. The van der Waals surface area contributed by atoms with Gasteiger partial charge in [0, 0.05) is 11.9 Å². The predicted octanol–water partition coefficient (Wildman–Crippen LogP) is 2.51. The van der Waals surface area contributed by atoms with Crippen molar-refractivity contribution in [3.63, 3.8) is 0 Å². The first-order chi connectivity index (χ1) is 8.34. The number of fused-ring (bicyclic) bond motifs is 1. The Kier molecular flexibility index (Phi) is 2.86. The Morgan fingerprint density at radius 3 is 3.12 bits per heavy atom. The van der Waals surface area contributed by atoms with E-state index in [4.69, 9.17) is 0 Å². The van der Waals surface area contributed by atoms with Crippen molar-refractivity contribution in [3.8, 4) is 0 Å². The number of aromatic amines is 1. The van der Waals surface area contributed by atoms with Crippen molar-refractivity contribution in [1.82, 2.24) is 24.6 Å². The number of hydrogen-bond acceptors (Lipinski definition) is 4. The van der Waals surface area contributed by atoms with Crippen molar-refractivity contribution >= 4 is 33.3 Å². The third-order valence-corrected chi connectivity index (χ3v) is 4.00. The largest absolute Gasteiger partial charge is 0.294 e. The summed E-state index contributed by atoms with van der Waals surface area (Å²) in [6, 6.07) is 5.93. The molecule has 0 saturated carbocycles. The van der Waals surface area contributed by atoms with E-state index >= 15 is 0 Å². The van der Waals surface area contributed by atoms with Crippen molar-refractivity contribution in [1.29, 1.82) is 0 Å². The van der Waals surface area contributed by atoms with Gasteiger partial charge in [0.25, 0.3) is 0 Å². The molecule has 3 aromatic heterocycles. The normalized spacial score (nSPS) is 11.1. The van der Waals surface area contributed by atoms with Gasteiger partial charge in [-0.2, -0.15) is 5.10 Å². The van der Waals surface area contributed by atoms with Crippen molar-refractivity contribution in [2.75, 3.05) is 0 Å². The fourth-order valence-electron chi connectivity index (χ4n) is 1.51. The standard InChI is InChI=1S/C10H8BrN5S/c11-9-7(5-17-10-12-6-13-15-10)14-8-3-1-2-4-16(8)9/h1-4,6H,5H2,(H,12,13,15). The first kappa shape index (κ1) is 10.8. The maximum Gasteiger partial charge on any atom is 0.183 e. The molecule has 0 atom stereocenters. The van der Waals surface area contributed by atoms with Gasteiger partial charge < -0.3 is 0 Å². The van der Waals surface area contributed by atoms with Crippen molar-refractivity contribution < 1.29 is 0 Å². The van der Waals surface area contributed by atoms with Crippen molar-refractivity contribution in [2.45, 2.75) is 10.9 Å². The van der Waals surface area contributed by atoms with Gasteiger partial charge in [0.2, 0.25) is 0 Å². The minimum atomic E-state index is 0.747. The Bertz CT molecular complexity index is 633. The number of halogens is 1. The molecule has 86 valence electrons. The zero-order valence-electron chi connectivity index (χ0n) is 8.67. The summed E-state index contributed by atoms with van der Waals surface area (Å²) in [7, 11) is 0. The molecule has 0 aliphatic rings. The average Bonchev–Trinajstić information content (AvgIpc) is 2.96. The van der Waals surface area contributed by atoms with E-state index in [1.54, 1.807) is 11.8 Å². The fraction of sp³-hybridized carbons (Fsp3) is 0.100. The Morgan fingerprint density at radius 1 is 1.41 bits per heavy atom. The van der Waals surface area contributed by atoms with E-state index in [2.05, 4.69) is 36.1 Å². The highest BCUT2D eigenvalue weighted by Crippen LogP contribution is 2.25. The van der Waals surface area contributed by atoms with E-state index in [0.29, 0.717) is 0 Å². The van der Waals surface area contributed by atoms with Crippen LogP contribution < -0.4 is 0 Å². The number of hydrogen-bond donors (Lipinski definition) is 1. The molecule has 0 aliphatic carbocycles. The second-order valence-corrected chi connectivity index (χ2v) is 5.07. The third kappa shape index (κ3) is 2.07. The Morgan fingerprint density at radius 2 is 2.35 bits per heavy atom. The summed E-state index contributed by atoms with van der Waals surface area (Å²) < 4.78 is 3.00. The second-order valence-electron chi connectivity index (χ2n) is 3.36. The molecule has 0 amide bonds. The summed E-state index contributed by atoms with van der Waals surface area (Å²) in [5.41, 5.74) is 1.94. The molecule has 0 radical (unpaired) electrons. The number of H-pyrrole nitrogens is 1. The number of thioether (sulfide) groups is 1. The molecule has 5 nitrogen and oxygen atoms in total. The van der Waals surface area contributed by atoms with Gasteiger partial charge in [0.1, 0.15) is 16.6 Å². The molecule has 0 aromatic carbocycles. The zero-order valence-corrected chi connectivity index (χ0v) is 11.1. The monoisotopic (exact) mass is 309 g/mol. The van der Waals surface area contributed by atoms with E-state index in [1.165, 1.54) is 6.33 Å². The number of nitrogens with zero attached hydrogens (tertiary/aromatic N) is 4. The highest BCUT2D eigenvalue weighted by Gasteiger charge is 2.09. The van der Waals surface area contributed by atoms with Gasteiger partial charge in [0.05, 0.1) is 5.69 Å². The van der Waals surface area contributed by atoms with E-state index in [1.807, 2.05) is 28.8 Å². The Balaban J connectivity index is 1.88. The van der Waals surface area contributed by atoms with Crippen LogP contribution in [0.4, 0.5) is 0 Å². The van der Waals surface area contributed by atoms with Crippen LogP contribution in [-0.4, -0.2) is 24.6 Å². The van der Waals surface area contributed by atoms with Crippen molar-refractivity contribution in [2.24, 2.45) is 0 Å². The number of nitrogens with one attached hydrogen (secondary N) is 1. The summed E-state index contributed by atoms with van der Waals surface area (Å²) >= 11 is 5.13. The third-order valence-electron chi connectivity index (χ3n) is 2.28. The SMILES string of the molecule is Brc1c(CSc2ncn[nH]2)nc2ccccn12. The van der Waals surface area contributed by atoms with Crippen molar-refractivity contribution in [3.05, 3.63) is 41.0 Å².